The Balaban J connectivity index is 1.23. The average molecular weight is 485 g/mol. The van der Waals surface area contributed by atoms with Gasteiger partial charge in [-0.2, -0.15) is 0 Å². The number of ether oxygens (including phenoxy) is 2. The second kappa shape index (κ2) is 12.6. The van der Waals surface area contributed by atoms with Crippen molar-refractivity contribution in [3.63, 3.8) is 0 Å². The van der Waals surface area contributed by atoms with E-state index < -0.39 is 0 Å². The molecule has 3 aromatic carbocycles. The lowest BCUT2D eigenvalue weighted by atomic mass is 9.95. The predicted molar refractivity (Wildman–Crippen MR) is 140 cm³/mol. The number of likely N-dealkylation sites (tertiary alicyclic amines) is 1. The van der Waals surface area contributed by atoms with Gasteiger partial charge < -0.3 is 19.7 Å². The molecule has 6 nitrogen and oxygen atoms in total. The summed E-state index contributed by atoms with van der Waals surface area (Å²) in [5, 5.41) is 3.04. The van der Waals surface area contributed by atoms with E-state index in [-0.39, 0.29) is 17.7 Å². The van der Waals surface area contributed by atoms with E-state index in [4.69, 9.17) is 9.47 Å². The zero-order valence-electron chi connectivity index (χ0n) is 20.6. The number of benzene rings is 3. The molecule has 3 aromatic rings. The lowest BCUT2D eigenvalue weighted by molar-refractivity contribution is -0.132. The number of carbonyl (C=O) groups excluding carboxylic acids is 2. The largest absolute Gasteiger partial charge is 0.493 e. The summed E-state index contributed by atoms with van der Waals surface area (Å²) in [6.45, 7) is 2.03. The molecule has 6 heteroatoms. The third kappa shape index (κ3) is 6.98. The van der Waals surface area contributed by atoms with E-state index in [1.54, 1.807) is 13.2 Å². The molecule has 0 unspecified atom stereocenters. The second-order valence-corrected chi connectivity index (χ2v) is 8.82. The minimum absolute atomic E-state index is 0.0145. The molecule has 0 radical (unpaired) electrons. The topological polar surface area (TPSA) is 67.9 Å². The predicted octanol–water partition coefficient (Wildman–Crippen LogP) is 4.84. The summed E-state index contributed by atoms with van der Waals surface area (Å²) in [5.74, 6) is 1.20. The average Bonchev–Trinajstić information content (AvgIpc) is 2.94. The van der Waals surface area contributed by atoms with Gasteiger partial charge >= 0.3 is 0 Å². The van der Waals surface area contributed by atoms with Gasteiger partial charge in [-0.15, -0.1) is 0 Å². The Bertz CT molecular complexity index is 1170. The van der Waals surface area contributed by atoms with Crippen LogP contribution in [0.4, 0.5) is 0 Å². The highest BCUT2D eigenvalue weighted by molar-refractivity contribution is 5.92. The molecule has 1 N–H and O–H groups in total. The van der Waals surface area contributed by atoms with Gasteiger partial charge in [-0.25, -0.2) is 0 Å². The smallest absolute Gasteiger partial charge is 0.246 e. The Morgan fingerprint density at radius 1 is 0.917 bits per heavy atom. The third-order valence-electron chi connectivity index (χ3n) is 6.33. The van der Waals surface area contributed by atoms with E-state index in [1.807, 2.05) is 89.8 Å². The van der Waals surface area contributed by atoms with Crippen LogP contribution in [0.25, 0.3) is 6.08 Å². The van der Waals surface area contributed by atoms with Crippen LogP contribution in [0.15, 0.2) is 84.9 Å². The molecular weight excluding hydrogens is 452 g/mol. The number of hydrogen-bond donors (Lipinski definition) is 1. The summed E-state index contributed by atoms with van der Waals surface area (Å²) in [4.78, 5) is 27.1. The maximum atomic E-state index is 12.8. The molecule has 1 heterocycles. The Morgan fingerprint density at radius 3 is 2.31 bits per heavy atom. The molecule has 1 saturated heterocycles. The fourth-order valence-electron chi connectivity index (χ4n) is 4.21. The summed E-state index contributed by atoms with van der Waals surface area (Å²) in [7, 11) is 1.61. The van der Waals surface area contributed by atoms with Crippen molar-refractivity contribution in [1.29, 1.82) is 0 Å². The molecule has 0 spiro atoms. The molecular formula is C30H32N2O4. The molecule has 0 bridgehead atoms. The van der Waals surface area contributed by atoms with Crippen molar-refractivity contribution < 1.29 is 19.1 Å². The number of nitrogens with zero attached hydrogens (tertiary/aromatic N) is 1. The molecule has 0 saturated carbocycles. The van der Waals surface area contributed by atoms with Crippen LogP contribution in [0, 0.1) is 5.92 Å². The fourth-order valence-corrected chi connectivity index (χ4v) is 4.21. The first-order valence-electron chi connectivity index (χ1n) is 12.3. The third-order valence-corrected chi connectivity index (χ3v) is 6.33. The first-order valence-corrected chi connectivity index (χ1v) is 12.3. The van der Waals surface area contributed by atoms with Gasteiger partial charge in [-0.3, -0.25) is 9.59 Å². The van der Waals surface area contributed by atoms with Crippen molar-refractivity contribution in [3.05, 3.63) is 102 Å². The van der Waals surface area contributed by atoms with E-state index in [2.05, 4.69) is 5.32 Å². The molecule has 2 amide bonds. The van der Waals surface area contributed by atoms with Gasteiger partial charge in [0.05, 0.1) is 7.11 Å². The highest BCUT2D eigenvalue weighted by atomic mass is 16.5. The summed E-state index contributed by atoms with van der Waals surface area (Å²) < 4.78 is 11.4. The monoisotopic (exact) mass is 484 g/mol. The van der Waals surface area contributed by atoms with Gasteiger partial charge in [-0.1, -0.05) is 66.7 Å². The number of nitrogens with one attached hydrogen (secondary N) is 1. The van der Waals surface area contributed by atoms with Crippen LogP contribution in [-0.4, -0.2) is 36.9 Å². The summed E-state index contributed by atoms with van der Waals surface area (Å²) in [6.07, 6.45) is 4.75. The van der Waals surface area contributed by atoms with Crippen LogP contribution < -0.4 is 14.8 Å². The van der Waals surface area contributed by atoms with Crippen molar-refractivity contribution in [2.75, 3.05) is 20.2 Å². The highest BCUT2D eigenvalue weighted by Gasteiger charge is 2.26. The molecule has 1 fully saturated rings. The van der Waals surface area contributed by atoms with Crippen LogP contribution >= 0.6 is 0 Å². The Kier molecular flexibility index (Phi) is 8.76. The minimum atomic E-state index is -0.0949. The van der Waals surface area contributed by atoms with Crippen LogP contribution in [-0.2, 0) is 22.7 Å². The van der Waals surface area contributed by atoms with Gasteiger partial charge in [0.15, 0.2) is 11.5 Å². The molecule has 0 aromatic heterocycles. The number of rotatable bonds is 9. The fraction of sp³-hybridized carbons (Fsp3) is 0.267. The molecule has 0 aliphatic carbocycles. The maximum Gasteiger partial charge on any atom is 0.246 e. The lowest BCUT2D eigenvalue weighted by Gasteiger charge is -2.30. The molecule has 0 atom stereocenters. The molecule has 4 rings (SSSR count). The van der Waals surface area contributed by atoms with Gasteiger partial charge in [-0.05, 0) is 47.7 Å². The van der Waals surface area contributed by atoms with E-state index in [0.717, 1.165) is 16.7 Å². The van der Waals surface area contributed by atoms with Gasteiger partial charge in [0.25, 0.3) is 0 Å². The number of methoxy groups -OCH3 is 1. The Labute approximate surface area is 212 Å². The minimum Gasteiger partial charge on any atom is -0.493 e. The van der Waals surface area contributed by atoms with Gasteiger partial charge in [0, 0.05) is 31.6 Å². The quantitative estimate of drug-likeness (QED) is 0.441. The van der Waals surface area contributed by atoms with Crippen LogP contribution in [0.2, 0.25) is 0 Å². The van der Waals surface area contributed by atoms with E-state index in [9.17, 15) is 9.59 Å². The van der Waals surface area contributed by atoms with Crippen molar-refractivity contribution in [2.45, 2.75) is 26.0 Å². The first kappa shape index (κ1) is 25.0. The normalized spacial score (nSPS) is 14.0. The highest BCUT2D eigenvalue weighted by Crippen LogP contribution is 2.29. The molecule has 186 valence electrons. The number of piperidine rings is 1. The van der Waals surface area contributed by atoms with Crippen molar-refractivity contribution in [2.24, 2.45) is 5.92 Å². The second-order valence-electron chi connectivity index (χ2n) is 8.82. The zero-order chi connectivity index (χ0) is 25.2. The summed E-state index contributed by atoms with van der Waals surface area (Å²) in [6, 6.07) is 25.4. The van der Waals surface area contributed by atoms with Crippen molar-refractivity contribution in [3.8, 4) is 11.5 Å². The van der Waals surface area contributed by atoms with Gasteiger partial charge in [0.1, 0.15) is 6.61 Å². The van der Waals surface area contributed by atoms with Gasteiger partial charge in [0.2, 0.25) is 11.8 Å². The van der Waals surface area contributed by atoms with E-state index in [0.29, 0.717) is 50.6 Å². The summed E-state index contributed by atoms with van der Waals surface area (Å²) in [5.41, 5.74) is 3.01. The molecule has 1 aliphatic heterocycles. The van der Waals surface area contributed by atoms with Crippen molar-refractivity contribution >= 4 is 17.9 Å². The van der Waals surface area contributed by atoms with E-state index in [1.165, 1.54) is 0 Å². The Hall–Kier alpha value is -4.06. The van der Waals surface area contributed by atoms with Crippen LogP contribution in [0.1, 0.15) is 29.5 Å². The standard InChI is InChI=1S/C30H32N2O4/c1-35-28-20-25(12-14-27(28)36-22-24-10-6-3-7-11-24)21-31-30(34)26-16-18-32(19-17-26)29(33)15-13-23-8-4-2-5-9-23/h2-15,20,26H,16-19,21-22H2,1H3,(H,31,34). The van der Waals surface area contributed by atoms with Crippen molar-refractivity contribution in [1.82, 2.24) is 10.2 Å². The number of carbonyl (C=O) groups is 2. The SMILES string of the molecule is COc1cc(CNC(=O)C2CCN(C(=O)C=Cc3ccccc3)CC2)ccc1OCc1ccccc1. The Morgan fingerprint density at radius 2 is 1.61 bits per heavy atom. The molecule has 1 aliphatic rings. The zero-order valence-corrected chi connectivity index (χ0v) is 20.6. The lowest BCUT2D eigenvalue weighted by Crippen LogP contribution is -2.42. The molecule has 36 heavy (non-hydrogen) atoms. The number of hydrogen-bond acceptors (Lipinski definition) is 4. The summed E-state index contributed by atoms with van der Waals surface area (Å²) >= 11 is 0. The first-order chi connectivity index (χ1) is 17.6. The van der Waals surface area contributed by atoms with Crippen LogP contribution in [0.3, 0.4) is 0 Å². The van der Waals surface area contributed by atoms with Crippen LogP contribution in [0.5, 0.6) is 11.5 Å². The van der Waals surface area contributed by atoms with E-state index >= 15 is 0 Å². The maximum absolute atomic E-state index is 12.8. The number of amides is 2.